The Labute approximate surface area is 113 Å². The van der Waals surface area contributed by atoms with E-state index in [1.165, 1.54) is 14.2 Å². The predicted molar refractivity (Wildman–Crippen MR) is 70.4 cm³/mol. The molecule has 1 aromatic carbocycles. The van der Waals surface area contributed by atoms with Crippen molar-refractivity contribution in [2.24, 2.45) is 0 Å². The van der Waals surface area contributed by atoms with Gasteiger partial charge in [-0.3, -0.25) is 4.89 Å². The molecule has 0 saturated heterocycles. The molecular formula is C14H20O5. The standard InChI is InChI=1S/C14H20O5/c1-4-5-6-10-18-19-14(15)11-8-7-9-12(16-2)13(11)17-3/h7-9H,4-6,10H2,1-3H3. The molecule has 0 N–H and O–H groups in total. The van der Waals surface area contributed by atoms with Crippen LogP contribution < -0.4 is 9.47 Å². The first-order chi connectivity index (χ1) is 9.24. The first-order valence-corrected chi connectivity index (χ1v) is 6.29. The zero-order valence-electron chi connectivity index (χ0n) is 11.6. The second-order valence-electron chi connectivity index (χ2n) is 3.94. The van der Waals surface area contributed by atoms with E-state index in [2.05, 4.69) is 6.92 Å². The second kappa shape index (κ2) is 8.37. The van der Waals surface area contributed by atoms with Crippen LogP contribution in [0.5, 0.6) is 11.5 Å². The first kappa shape index (κ1) is 15.3. The van der Waals surface area contributed by atoms with Crippen molar-refractivity contribution in [1.82, 2.24) is 0 Å². The number of rotatable bonds is 8. The minimum Gasteiger partial charge on any atom is -0.493 e. The van der Waals surface area contributed by atoms with Gasteiger partial charge in [0.15, 0.2) is 11.5 Å². The summed E-state index contributed by atoms with van der Waals surface area (Å²) in [6.45, 7) is 2.49. The van der Waals surface area contributed by atoms with Crippen LogP contribution in [0.4, 0.5) is 0 Å². The maximum absolute atomic E-state index is 11.8. The summed E-state index contributed by atoms with van der Waals surface area (Å²) >= 11 is 0. The van der Waals surface area contributed by atoms with E-state index in [1.54, 1.807) is 18.2 Å². The topological polar surface area (TPSA) is 54.0 Å². The molecule has 0 aliphatic rings. The molecule has 19 heavy (non-hydrogen) atoms. The maximum atomic E-state index is 11.8. The molecule has 1 rings (SSSR count). The number of hydrogen-bond acceptors (Lipinski definition) is 5. The molecule has 0 fully saturated rings. The van der Waals surface area contributed by atoms with Gasteiger partial charge in [-0.15, -0.1) is 0 Å². The van der Waals surface area contributed by atoms with Gasteiger partial charge in [-0.2, -0.15) is 4.89 Å². The van der Waals surface area contributed by atoms with Crippen LogP contribution in [0.25, 0.3) is 0 Å². The Morgan fingerprint density at radius 3 is 2.58 bits per heavy atom. The summed E-state index contributed by atoms with van der Waals surface area (Å²) in [7, 11) is 2.98. The lowest BCUT2D eigenvalue weighted by Gasteiger charge is -2.11. The number of methoxy groups -OCH3 is 2. The zero-order valence-corrected chi connectivity index (χ0v) is 11.6. The lowest BCUT2D eigenvalue weighted by Crippen LogP contribution is -2.09. The predicted octanol–water partition coefficient (Wildman–Crippen LogP) is 2.98. The van der Waals surface area contributed by atoms with Crippen molar-refractivity contribution >= 4 is 5.97 Å². The quantitative estimate of drug-likeness (QED) is 0.412. The molecule has 0 radical (unpaired) electrons. The number of unbranched alkanes of at least 4 members (excludes halogenated alkanes) is 2. The third-order valence-electron chi connectivity index (χ3n) is 2.59. The zero-order chi connectivity index (χ0) is 14.1. The van der Waals surface area contributed by atoms with Crippen molar-refractivity contribution in [1.29, 1.82) is 0 Å². The molecule has 0 unspecified atom stereocenters. The average Bonchev–Trinajstić information content (AvgIpc) is 2.45. The highest BCUT2D eigenvalue weighted by Crippen LogP contribution is 2.31. The molecule has 0 saturated carbocycles. The second-order valence-corrected chi connectivity index (χ2v) is 3.94. The molecule has 0 amide bonds. The van der Waals surface area contributed by atoms with Crippen molar-refractivity contribution < 1.29 is 24.0 Å². The van der Waals surface area contributed by atoms with Gasteiger partial charge in [0.25, 0.3) is 0 Å². The number of para-hydroxylation sites is 1. The number of benzene rings is 1. The Morgan fingerprint density at radius 1 is 1.16 bits per heavy atom. The molecule has 1 aromatic rings. The Bertz CT molecular complexity index is 403. The van der Waals surface area contributed by atoms with Gasteiger partial charge in [0, 0.05) is 0 Å². The van der Waals surface area contributed by atoms with Crippen LogP contribution in [-0.4, -0.2) is 26.8 Å². The fraction of sp³-hybridized carbons (Fsp3) is 0.500. The van der Waals surface area contributed by atoms with Crippen molar-refractivity contribution in [3.63, 3.8) is 0 Å². The first-order valence-electron chi connectivity index (χ1n) is 6.29. The minimum absolute atomic E-state index is 0.275. The third-order valence-corrected chi connectivity index (χ3v) is 2.59. The fourth-order valence-corrected chi connectivity index (χ4v) is 1.60. The van der Waals surface area contributed by atoms with Crippen molar-refractivity contribution in [2.75, 3.05) is 20.8 Å². The molecule has 0 spiro atoms. The monoisotopic (exact) mass is 268 g/mol. The summed E-state index contributed by atoms with van der Waals surface area (Å²) in [6, 6.07) is 4.99. The third kappa shape index (κ3) is 4.44. The Hall–Kier alpha value is -1.75. The summed E-state index contributed by atoms with van der Waals surface area (Å²) < 4.78 is 10.3. The molecule has 0 atom stereocenters. The largest absolute Gasteiger partial charge is 0.493 e. The summed E-state index contributed by atoms with van der Waals surface area (Å²) in [5, 5.41) is 0. The Morgan fingerprint density at radius 2 is 1.95 bits per heavy atom. The lowest BCUT2D eigenvalue weighted by atomic mass is 10.2. The summed E-state index contributed by atoms with van der Waals surface area (Å²) in [5.41, 5.74) is 0.275. The van der Waals surface area contributed by atoms with Crippen LogP contribution in [0.2, 0.25) is 0 Å². The number of carbonyl (C=O) groups excluding carboxylic acids is 1. The van der Waals surface area contributed by atoms with E-state index in [4.69, 9.17) is 19.2 Å². The summed E-state index contributed by atoms with van der Waals surface area (Å²) in [6.07, 6.45) is 2.99. The van der Waals surface area contributed by atoms with E-state index in [0.29, 0.717) is 18.1 Å². The average molecular weight is 268 g/mol. The van der Waals surface area contributed by atoms with E-state index in [-0.39, 0.29) is 5.56 Å². The van der Waals surface area contributed by atoms with Gasteiger partial charge in [-0.1, -0.05) is 25.8 Å². The molecule has 5 nitrogen and oxygen atoms in total. The summed E-state index contributed by atoms with van der Waals surface area (Å²) in [4.78, 5) is 21.5. The van der Waals surface area contributed by atoms with E-state index in [0.717, 1.165) is 19.3 Å². The van der Waals surface area contributed by atoms with Crippen LogP contribution in [0.15, 0.2) is 18.2 Å². The molecule has 5 heteroatoms. The highest BCUT2D eigenvalue weighted by molar-refractivity contribution is 5.93. The minimum atomic E-state index is -0.591. The Kier molecular flexibility index (Phi) is 6.74. The van der Waals surface area contributed by atoms with Crippen molar-refractivity contribution in [3.8, 4) is 11.5 Å². The molecule has 0 bridgehead atoms. The van der Waals surface area contributed by atoms with E-state index in [9.17, 15) is 4.79 Å². The van der Waals surface area contributed by atoms with Gasteiger partial charge in [-0.25, -0.2) is 4.79 Å². The van der Waals surface area contributed by atoms with Crippen LogP contribution in [0, 0.1) is 0 Å². The fourth-order valence-electron chi connectivity index (χ4n) is 1.60. The molecule has 0 aliphatic carbocycles. The smallest absolute Gasteiger partial charge is 0.376 e. The molecule has 0 aromatic heterocycles. The van der Waals surface area contributed by atoms with Crippen LogP contribution in [-0.2, 0) is 9.78 Å². The van der Waals surface area contributed by atoms with Crippen LogP contribution in [0.3, 0.4) is 0 Å². The van der Waals surface area contributed by atoms with Crippen LogP contribution in [0.1, 0.15) is 36.5 Å². The SMILES string of the molecule is CCCCCOOC(=O)c1cccc(OC)c1OC. The molecular weight excluding hydrogens is 248 g/mol. The number of carbonyl (C=O) groups is 1. The van der Waals surface area contributed by atoms with E-state index < -0.39 is 5.97 Å². The number of hydrogen-bond donors (Lipinski definition) is 0. The van der Waals surface area contributed by atoms with Gasteiger partial charge >= 0.3 is 5.97 Å². The normalized spacial score (nSPS) is 10.1. The van der Waals surface area contributed by atoms with Crippen molar-refractivity contribution in [2.45, 2.75) is 26.2 Å². The number of ether oxygens (including phenoxy) is 2. The molecule has 0 aliphatic heterocycles. The summed E-state index contributed by atoms with van der Waals surface area (Å²) in [5.74, 6) is 0.224. The highest BCUT2D eigenvalue weighted by Gasteiger charge is 2.18. The lowest BCUT2D eigenvalue weighted by molar-refractivity contribution is -0.241. The highest BCUT2D eigenvalue weighted by atomic mass is 17.2. The van der Waals surface area contributed by atoms with Gasteiger partial charge in [0.05, 0.1) is 20.8 Å². The molecule has 0 heterocycles. The van der Waals surface area contributed by atoms with Gasteiger partial charge < -0.3 is 9.47 Å². The van der Waals surface area contributed by atoms with Crippen LogP contribution >= 0.6 is 0 Å². The maximum Gasteiger partial charge on any atom is 0.376 e. The van der Waals surface area contributed by atoms with Crippen molar-refractivity contribution in [3.05, 3.63) is 23.8 Å². The molecule has 106 valence electrons. The van der Waals surface area contributed by atoms with Gasteiger partial charge in [-0.05, 0) is 18.6 Å². The Balaban J connectivity index is 2.61. The van der Waals surface area contributed by atoms with Gasteiger partial charge in [0.1, 0.15) is 5.56 Å². The van der Waals surface area contributed by atoms with E-state index >= 15 is 0 Å². The van der Waals surface area contributed by atoms with Gasteiger partial charge in [0.2, 0.25) is 0 Å². The van der Waals surface area contributed by atoms with E-state index in [1.807, 2.05) is 0 Å².